The number of para-hydroxylation sites is 1. The Kier molecular flexibility index (Phi) is 2.59. The molecule has 0 spiro atoms. The monoisotopic (exact) mass is 256 g/mol. The third kappa shape index (κ3) is 1.89. The summed E-state index contributed by atoms with van der Waals surface area (Å²) in [5.74, 6) is -0.548. The average Bonchev–Trinajstić information content (AvgIpc) is 3.05. The third-order valence-corrected chi connectivity index (χ3v) is 3.12. The van der Waals surface area contributed by atoms with Crippen molar-refractivity contribution in [1.82, 2.24) is 9.78 Å². The summed E-state index contributed by atoms with van der Waals surface area (Å²) >= 11 is 0. The lowest BCUT2D eigenvalue weighted by Gasteiger charge is -2.10. The fraction of sp³-hybridized carbons (Fsp3) is 0.143. The number of aromatic nitrogens is 2. The van der Waals surface area contributed by atoms with Crippen LogP contribution >= 0.6 is 0 Å². The van der Waals surface area contributed by atoms with Gasteiger partial charge in [0.25, 0.3) is 0 Å². The van der Waals surface area contributed by atoms with E-state index in [1.165, 1.54) is 6.07 Å². The molecule has 5 nitrogen and oxygen atoms in total. The van der Waals surface area contributed by atoms with E-state index in [-0.39, 0.29) is 11.8 Å². The molecule has 5 heteroatoms. The highest BCUT2D eigenvalue weighted by molar-refractivity contribution is 5.84. The minimum atomic E-state index is -1.07. The molecule has 96 valence electrons. The highest BCUT2D eigenvalue weighted by atomic mass is 16.4. The molecule has 1 unspecified atom stereocenters. The number of carboxylic acids is 1. The Balaban J connectivity index is 2.03. The van der Waals surface area contributed by atoms with Crippen LogP contribution in [0, 0.1) is 0 Å². The average molecular weight is 256 g/mol. The Labute approximate surface area is 109 Å². The van der Waals surface area contributed by atoms with E-state index in [9.17, 15) is 4.79 Å². The first kappa shape index (κ1) is 11.5. The van der Waals surface area contributed by atoms with Gasteiger partial charge in [-0.05, 0) is 25.1 Å². The Bertz CT molecular complexity index is 742. The highest BCUT2D eigenvalue weighted by Gasteiger charge is 2.17. The fourth-order valence-corrected chi connectivity index (χ4v) is 2.11. The molecular formula is C14H12N2O3. The molecule has 0 bridgehead atoms. The van der Waals surface area contributed by atoms with Crippen molar-refractivity contribution in [2.45, 2.75) is 13.0 Å². The number of nitrogens with zero attached hydrogens (tertiary/aromatic N) is 2. The van der Waals surface area contributed by atoms with Gasteiger partial charge in [0.15, 0.2) is 0 Å². The van der Waals surface area contributed by atoms with Gasteiger partial charge in [-0.1, -0.05) is 18.2 Å². The van der Waals surface area contributed by atoms with E-state index >= 15 is 0 Å². The molecule has 3 rings (SSSR count). The highest BCUT2D eigenvalue weighted by Crippen LogP contribution is 2.24. The summed E-state index contributed by atoms with van der Waals surface area (Å²) in [7, 11) is 0. The molecule has 3 aromatic rings. The maximum atomic E-state index is 10.8. The first-order valence-electron chi connectivity index (χ1n) is 5.92. The van der Waals surface area contributed by atoms with Crippen LogP contribution in [0.15, 0.2) is 47.0 Å². The van der Waals surface area contributed by atoms with E-state index in [4.69, 9.17) is 9.52 Å². The molecule has 2 heterocycles. The topological polar surface area (TPSA) is 68.3 Å². The maximum absolute atomic E-state index is 10.8. The van der Waals surface area contributed by atoms with Crippen molar-refractivity contribution in [1.29, 1.82) is 0 Å². The lowest BCUT2D eigenvalue weighted by molar-refractivity contribution is 0.0659. The van der Waals surface area contributed by atoms with Crippen LogP contribution < -0.4 is 0 Å². The summed E-state index contributed by atoms with van der Waals surface area (Å²) in [4.78, 5) is 10.8. The zero-order chi connectivity index (χ0) is 13.4. The summed E-state index contributed by atoms with van der Waals surface area (Å²) in [5, 5.41) is 14.2. The number of hydrogen-bond donors (Lipinski definition) is 1. The van der Waals surface area contributed by atoms with Crippen LogP contribution in [-0.2, 0) is 0 Å². The molecule has 0 fully saturated rings. The van der Waals surface area contributed by atoms with E-state index in [2.05, 4.69) is 5.10 Å². The zero-order valence-corrected chi connectivity index (χ0v) is 10.3. The standard InChI is InChI=1S/C14H12N2O3/c1-9(12-6-7-13(19-12)14(17)18)16-11-5-3-2-4-10(11)8-15-16/h2-9H,1H3,(H,17,18). The van der Waals surface area contributed by atoms with Crippen molar-refractivity contribution < 1.29 is 14.3 Å². The fourth-order valence-electron chi connectivity index (χ4n) is 2.11. The number of fused-ring (bicyclic) bond motifs is 1. The molecule has 1 aromatic carbocycles. The Morgan fingerprint density at radius 3 is 2.84 bits per heavy atom. The number of hydrogen-bond acceptors (Lipinski definition) is 3. The minimum Gasteiger partial charge on any atom is -0.475 e. The van der Waals surface area contributed by atoms with Gasteiger partial charge in [0.2, 0.25) is 5.76 Å². The van der Waals surface area contributed by atoms with E-state index in [0.717, 1.165) is 10.9 Å². The largest absolute Gasteiger partial charge is 0.475 e. The van der Waals surface area contributed by atoms with E-state index in [0.29, 0.717) is 5.76 Å². The minimum absolute atomic E-state index is 0.0571. The SMILES string of the molecule is CC(c1ccc(C(=O)O)o1)n1ncc2ccccc21. The van der Waals surface area contributed by atoms with Crippen LogP contribution in [0.1, 0.15) is 29.3 Å². The van der Waals surface area contributed by atoms with Gasteiger partial charge in [-0.15, -0.1) is 0 Å². The maximum Gasteiger partial charge on any atom is 0.371 e. The molecule has 0 aliphatic rings. The van der Waals surface area contributed by atoms with Crippen LogP contribution in [0.2, 0.25) is 0 Å². The number of carbonyl (C=O) groups is 1. The number of rotatable bonds is 3. The summed E-state index contributed by atoms with van der Waals surface area (Å²) in [5.41, 5.74) is 0.989. The molecule has 1 atom stereocenters. The summed E-state index contributed by atoms with van der Waals surface area (Å²) in [6.07, 6.45) is 1.78. The number of aromatic carboxylic acids is 1. The number of carboxylic acid groups (broad SMARTS) is 1. The van der Waals surface area contributed by atoms with Crippen LogP contribution in [0.3, 0.4) is 0 Å². The van der Waals surface area contributed by atoms with E-state index in [1.807, 2.05) is 35.9 Å². The van der Waals surface area contributed by atoms with Crippen molar-refractivity contribution in [2.75, 3.05) is 0 Å². The van der Waals surface area contributed by atoms with Crippen molar-refractivity contribution in [3.8, 4) is 0 Å². The number of benzene rings is 1. The smallest absolute Gasteiger partial charge is 0.371 e. The van der Waals surface area contributed by atoms with Gasteiger partial charge in [-0.25, -0.2) is 4.79 Å². The van der Waals surface area contributed by atoms with Gasteiger partial charge in [0, 0.05) is 5.39 Å². The Hall–Kier alpha value is -2.56. The number of furan rings is 1. The van der Waals surface area contributed by atoms with Crippen molar-refractivity contribution in [3.63, 3.8) is 0 Å². The van der Waals surface area contributed by atoms with Gasteiger partial charge in [-0.2, -0.15) is 5.10 Å². The van der Waals surface area contributed by atoms with Gasteiger partial charge < -0.3 is 9.52 Å². The second kappa shape index (κ2) is 4.28. The first-order valence-corrected chi connectivity index (χ1v) is 5.92. The second-order valence-corrected chi connectivity index (χ2v) is 4.33. The lowest BCUT2D eigenvalue weighted by atomic mass is 10.2. The summed E-state index contributed by atoms with van der Waals surface area (Å²) < 4.78 is 7.14. The molecule has 19 heavy (non-hydrogen) atoms. The lowest BCUT2D eigenvalue weighted by Crippen LogP contribution is -2.07. The molecule has 0 aliphatic heterocycles. The van der Waals surface area contributed by atoms with Crippen LogP contribution in [-0.4, -0.2) is 20.9 Å². The molecule has 0 amide bonds. The quantitative estimate of drug-likeness (QED) is 0.782. The Morgan fingerprint density at radius 1 is 1.32 bits per heavy atom. The van der Waals surface area contributed by atoms with Crippen LogP contribution in [0.5, 0.6) is 0 Å². The molecule has 0 saturated heterocycles. The van der Waals surface area contributed by atoms with Gasteiger partial charge in [0.05, 0.1) is 11.7 Å². The normalized spacial score (nSPS) is 12.7. The molecule has 2 aromatic heterocycles. The van der Waals surface area contributed by atoms with E-state index in [1.54, 1.807) is 12.3 Å². The molecular weight excluding hydrogens is 244 g/mol. The van der Waals surface area contributed by atoms with Crippen molar-refractivity contribution in [2.24, 2.45) is 0 Å². The van der Waals surface area contributed by atoms with Crippen molar-refractivity contribution in [3.05, 3.63) is 54.1 Å². The molecule has 0 radical (unpaired) electrons. The third-order valence-electron chi connectivity index (χ3n) is 3.12. The molecule has 0 saturated carbocycles. The predicted octanol–water partition coefficient (Wildman–Crippen LogP) is 2.94. The molecule has 0 aliphatic carbocycles. The summed E-state index contributed by atoms with van der Waals surface area (Å²) in [6, 6.07) is 10.8. The molecule has 1 N–H and O–H groups in total. The summed E-state index contributed by atoms with van der Waals surface area (Å²) in [6.45, 7) is 1.92. The predicted molar refractivity (Wildman–Crippen MR) is 69.2 cm³/mol. The van der Waals surface area contributed by atoms with Gasteiger partial charge in [0.1, 0.15) is 11.8 Å². The van der Waals surface area contributed by atoms with Gasteiger partial charge in [-0.3, -0.25) is 4.68 Å². The van der Waals surface area contributed by atoms with Crippen LogP contribution in [0.25, 0.3) is 10.9 Å². The van der Waals surface area contributed by atoms with Crippen molar-refractivity contribution >= 4 is 16.9 Å². The van der Waals surface area contributed by atoms with Gasteiger partial charge >= 0.3 is 5.97 Å². The first-order chi connectivity index (χ1) is 9.16. The van der Waals surface area contributed by atoms with Crippen LogP contribution in [0.4, 0.5) is 0 Å². The zero-order valence-electron chi connectivity index (χ0n) is 10.3. The van der Waals surface area contributed by atoms with E-state index < -0.39 is 5.97 Å². The second-order valence-electron chi connectivity index (χ2n) is 4.33. The Morgan fingerprint density at radius 2 is 2.11 bits per heavy atom.